The van der Waals surface area contributed by atoms with Crippen molar-refractivity contribution in [3.8, 4) is 0 Å². The molecule has 1 aromatic rings. The van der Waals surface area contributed by atoms with Gasteiger partial charge in [-0.1, -0.05) is 0 Å². The average molecular weight is 378 g/mol. The molecule has 1 aliphatic heterocycles. The minimum atomic E-state index is -0.847. The van der Waals surface area contributed by atoms with Crippen molar-refractivity contribution in [1.82, 2.24) is 10.2 Å². The monoisotopic (exact) mass is 378 g/mol. The zero-order valence-electron chi connectivity index (χ0n) is 15.3. The lowest BCUT2D eigenvalue weighted by atomic mass is 10.1. The van der Waals surface area contributed by atoms with E-state index in [0.29, 0.717) is 5.69 Å². The molecule has 1 fully saturated rings. The minimum Gasteiger partial charge on any atom is -0.452 e. The third-order valence-electron chi connectivity index (χ3n) is 4.12. The number of hydrogen-bond donors (Lipinski definition) is 1. The molecule has 0 unspecified atom stereocenters. The Morgan fingerprint density at radius 3 is 2.52 bits per heavy atom. The van der Waals surface area contributed by atoms with Crippen LogP contribution in [0, 0.1) is 10.1 Å². The summed E-state index contributed by atoms with van der Waals surface area (Å²) in [6, 6.07) is 4.12. The zero-order valence-corrected chi connectivity index (χ0v) is 15.3. The molecule has 10 heteroatoms. The summed E-state index contributed by atoms with van der Waals surface area (Å²) in [6.45, 7) is 0.674. The lowest BCUT2D eigenvalue weighted by molar-refractivity contribution is -0.384. The fraction of sp³-hybridized carbons (Fsp3) is 0.471. The van der Waals surface area contributed by atoms with Crippen LogP contribution in [-0.4, -0.2) is 67.9 Å². The summed E-state index contributed by atoms with van der Waals surface area (Å²) in [6.07, 6.45) is 1.93. The van der Waals surface area contributed by atoms with E-state index in [0.717, 1.165) is 32.0 Å². The Morgan fingerprint density at radius 1 is 1.26 bits per heavy atom. The molecule has 1 N–H and O–H groups in total. The Balaban J connectivity index is 1.97. The lowest BCUT2D eigenvalue weighted by Crippen LogP contribution is -2.38. The second-order valence-electron chi connectivity index (χ2n) is 6.30. The van der Waals surface area contributed by atoms with Crippen LogP contribution in [0.2, 0.25) is 0 Å². The van der Waals surface area contributed by atoms with Crippen LogP contribution in [-0.2, 0) is 14.3 Å². The minimum absolute atomic E-state index is 0.0122. The molecule has 1 heterocycles. The van der Waals surface area contributed by atoms with E-state index in [1.54, 1.807) is 14.1 Å². The number of amides is 2. The van der Waals surface area contributed by atoms with Crippen molar-refractivity contribution in [2.24, 2.45) is 0 Å². The van der Waals surface area contributed by atoms with Crippen molar-refractivity contribution >= 4 is 29.2 Å². The number of benzene rings is 1. The van der Waals surface area contributed by atoms with E-state index in [4.69, 9.17) is 4.74 Å². The zero-order chi connectivity index (χ0) is 20.0. The highest BCUT2D eigenvalue weighted by molar-refractivity contribution is 5.93. The Morgan fingerprint density at radius 2 is 1.93 bits per heavy atom. The van der Waals surface area contributed by atoms with Gasteiger partial charge in [-0.05, 0) is 25.0 Å². The van der Waals surface area contributed by atoms with Gasteiger partial charge in [-0.3, -0.25) is 19.7 Å². The lowest BCUT2D eigenvalue weighted by Gasteiger charge is -2.17. The SMILES string of the molecule is CN(C)C(=O)CNC(=O)COC(=O)c1ccc(N2CCCC2)c([N+](=O)[O-])c1. The average Bonchev–Trinajstić information content (AvgIpc) is 3.17. The highest BCUT2D eigenvalue weighted by atomic mass is 16.6. The van der Waals surface area contributed by atoms with Gasteiger partial charge in [-0.2, -0.15) is 0 Å². The van der Waals surface area contributed by atoms with E-state index < -0.39 is 23.4 Å². The number of nitrogens with zero attached hydrogens (tertiary/aromatic N) is 3. The van der Waals surface area contributed by atoms with Gasteiger partial charge in [0, 0.05) is 33.3 Å². The third-order valence-corrected chi connectivity index (χ3v) is 4.12. The predicted molar refractivity (Wildman–Crippen MR) is 96.5 cm³/mol. The van der Waals surface area contributed by atoms with E-state index >= 15 is 0 Å². The van der Waals surface area contributed by atoms with Crippen LogP contribution in [0.1, 0.15) is 23.2 Å². The summed E-state index contributed by atoms with van der Waals surface area (Å²) < 4.78 is 4.87. The smallest absolute Gasteiger partial charge is 0.338 e. The highest BCUT2D eigenvalue weighted by Gasteiger charge is 2.24. The first-order valence-corrected chi connectivity index (χ1v) is 8.47. The number of anilines is 1. The maximum Gasteiger partial charge on any atom is 0.338 e. The van der Waals surface area contributed by atoms with E-state index in [1.807, 2.05) is 4.90 Å². The number of nitro benzene ring substituents is 1. The number of carbonyl (C=O) groups is 3. The molecule has 2 amide bonds. The molecule has 0 saturated carbocycles. The van der Waals surface area contributed by atoms with Gasteiger partial charge in [0.1, 0.15) is 5.69 Å². The van der Waals surface area contributed by atoms with Crippen molar-refractivity contribution < 1.29 is 24.0 Å². The van der Waals surface area contributed by atoms with Crippen molar-refractivity contribution in [2.75, 3.05) is 45.2 Å². The van der Waals surface area contributed by atoms with Crippen molar-refractivity contribution in [1.29, 1.82) is 0 Å². The molecule has 10 nitrogen and oxygen atoms in total. The number of nitrogens with one attached hydrogen (secondary N) is 1. The van der Waals surface area contributed by atoms with Crippen LogP contribution in [0.5, 0.6) is 0 Å². The fourth-order valence-electron chi connectivity index (χ4n) is 2.62. The molecule has 0 aliphatic carbocycles. The van der Waals surface area contributed by atoms with Gasteiger partial charge in [0.05, 0.1) is 17.0 Å². The number of ether oxygens (including phenoxy) is 1. The van der Waals surface area contributed by atoms with Crippen LogP contribution in [0.4, 0.5) is 11.4 Å². The molecule has 0 aromatic heterocycles. The van der Waals surface area contributed by atoms with Crippen LogP contribution >= 0.6 is 0 Å². The van der Waals surface area contributed by atoms with E-state index in [9.17, 15) is 24.5 Å². The Hall–Kier alpha value is -3.17. The molecule has 0 atom stereocenters. The third kappa shape index (κ3) is 5.40. The molecule has 0 bridgehead atoms. The molecule has 27 heavy (non-hydrogen) atoms. The predicted octanol–water partition coefficient (Wildman–Crippen LogP) is 0.556. The maximum absolute atomic E-state index is 12.1. The summed E-state index contributed by atoms with van der Waals surface area (Å²) in [4.78, 5) is 49.1. The maximum atomic E-state index is 12.1. The summed E-state index contributed by atoms with van der Waals surface area (Å²) in [7, 11) is 3.10. The van der Waals surface area contributed by atoms with Gasteiger partial charge in [0.2, 0.25) is 5.91 Å². The summed E-state index contributed by atoms with van der Waals surface area (Å²) in [5, 5.41) is 13.7. The van der Waals surface area contributed by atoms with Crippen LogP contribution in [0.25, 0.3) is 0 Å². The van der Waals surface area contributed by atoms with E-state index in [-0.39, 0.29) is 23.7 Å². The normalized spacial score (nSPS) is 13.2. The Kier molecular flexibility index (Phi) is 6.69. The molecule has 2 rings (SSSR count). The largest absolute Gasteiger partial charge is 0.452 e. The van der Waals surface area contributed by atoms with Gasteiger partial charge < -0.3 is 19.9 Å². The first-order valence-electron chi connectivity index (χ1n) is 8.47. The fourth-order valence-corrected chi connectivity index (χ4v) is 2.62. The first kappa shape index (κ1) is 20.1. The summed E-state index contributed by atoms with van der Waals surface area (Å²) in [5.41, 5.74) is 0.281. The van der Waals surface area contributed by atoms with Gasteiger partial charge in [0.25, 0.3) is 11.6 Å². The van der Waals surface area contributed by atoms with Crippen LogP contribution in [0.15, 0.2) is 18.2 Å². The number of carbonyl (C=O) groups excluding carboxylic acids is 3. The topological polar surface area (TPSA) is 122 Å². The molecule has 1 saturated heterocycles. The van der Waals surface area contributed by atoms with Gasteiger partial charge in [0.15, 0.2) is 6.61 Å². The highest BCUT2D eigenvalue weighted by Crippen LogP contribution is 2.31. The van der Waals surface area contributed by atoms with Gasteiger partial charge in [-0.25, -0.2) is 4.79 Å². The molecule has 146 valence electrons. The molecule has 1 aromatic carbocycles. The van der Waals surface area contributed by atoms with Crippen LogP contribution in [0.3, 0.4) is 0 Å². The first-order chi connectivity index (χ1) is 12.8. The van der Waals surface area contributed by atoms with Crippen LogP contribution < -0.4 is 10.2 Å². The van der Waals surface area contributed by atoms with E-state index in [1.165, 1.54) is 17.0 Å². The molecule has 0 radical (unpaired) electrons. The van der Waals surface area contributed by atoms with Crippen molar-refractivity contribution in [3.63, 3.8) is 0 Å². The number of nitro groups is 1. The Bertz CT molecular complexity index is 743. The standard InChI is InChI=1S/C17H22N4O6/c1-19(2)16(23)10-18-15(22)11-27-17(24)12-5-6-13(14(9-12)21(25)26)20-7-3-4-8-20/h5-6,9H,3-4,7-8,10-11H2,1-2H3,(H,18,22). The van der Waals surface area contributed by atoms with Crippen molar-refractivity contribution in [2.45, 2.75) is 12.8 Å². The van der Waals surface area contributed by atoms with Crippen molar-refractivity contribution in [3.05, 3.63) is 33.9 Å². The Labute approximate surface area is 156 Å². The number of esters is 1. The number of hydrogen-bond acceptors (Lipinski definition) is 7. The second kappa shape index (κ2) is 8.97. The van der Waals surface area contributed by atoms with Gasteiger partial charge >= 0.3 is 5.97 Å². The summed E-state index contributed by atoms with van der Waals surface area (Å²) >= 11 is 0. The second-order valence-corrected chi connectivity index (χ2v) is 6.30. The molecule has 0 spiro atoms. The molecular formula is C17H22N4O6. The summed E-state index contributed by atoms with van der Waals surface area (Å²) in [5.74, 6) is -1.79. The van der Waals surface area contributed by atoms with Gasteiger partial charge in [-0.15, -0.1) is 0 Å². The molecular weight excluding hydrogens is 356 g/mol. The quantitative estimate of drug-likeness (QED) is 0.418. The molecule has 1 aliphatic rings. The van der Waals surface area contributed by atoms with E-state index in [2.05, 4.69) is 5.32 Å². The number of likely N-dealkylation sites (N-methyl/N-ethyl adjacent to an activating group) is 1. The number of rotatable bonds is 7.